The molecule has 5 nitrogen and oxygen atoms in total. The molecule has 1 aliphatic rings. The van der Waals surface area contributed by atoms with Gasteiger partial charge in [-0.3, -0.25) is 19.8 Å². The molecule has 138 valence electrons. The first kappa shape index (κ1) is 19.8. The van der Waals surface area contributed by atoms with Gasteiger partial charge in [-0.25, -0.2) is 0 Å². The van der Waals surface area contributed by atoms with E-state index in [1.54, 1.807) is 43.5 Å². The average molecular weight is 486 g/mol. The summed E-state index contributed by atoms with van der Waals surface area (Å²) in [5, 5.41) is 2.87. The van der Waals surface area contributed by atoms with Crippen molar-refractivity contribution in [2.45, 2.75) is 0 Å². The lowest BCUT2D eigenvalue weighted by Crippen LogP contribution is -2.54. The smallest absolute Gasteiger partial charge is 0.270 e. The molecule has 2 aromatic carbocycles. The fourth-order valence-electron chi connectivity index (χ4n) is 2.48. The van der Waals surface area contributed by atoms with Crippen LogP contribution >= 0.6 is 51.3 Å². The number of anilines is 1. The highest BCUT2D eigenvalue weighted by Crippen LogP contribution is 2.34. The van der Waals surface area contributed by atoms with E-state index in [0.717, 1.165) is 4.90 Å². The highest BCUT2D eigenvalue weighted by atomic mass is 79.9. The molecule has 1 N–H and O–H groups in total. The summed E-state index contributed by atoms with van der Waals surface area (Å²) in [4.78, 5) is 26.5. The maximum Gasteiger partial charge on any atom is 0.270 e. The van der Waals surface area contributed by atoms with E-state index in [9.17, 15) is 9.59 Å². The van der Waals surface area contributed by atoms with Crippen LogP contribution in [-0.2, 0) is 9.59 Å². The maximum absolute atomic E-state index is 13.0. The van der Waals surface area contributed by atoms with Crippen LogP contribution in [0.4, 0.5) is 5.69 Å². The minimum atomic E-state index is -0.597. The number of thiocarbonyl (C=S) groups is 1. The molecule has 3 rings (SSSR count). The monoisotopic (exact) mass is 484 g/mol. The lowest BCUT2D eigenvalue weighted by molar-refractivity contribution is -0.122. The van der Waals surface area contributed by atoms with Crippen molar-refractivity contribution >= 4 is 80.0 Å². The number of amides is 2. The predicted octanol–water partition coefficient (Wildman–Crippen LogP) is 4.60. The molecule has 9 heteroatoms. The summed E-state index contributed by atoms with van der Waals surface area (Å²) in [5.41, 5.74) is 0.837. The Bertz CT molecular complexity index is 1010. The van der Waals surface area contributed by atoms with E-state index >= 15 is 0 Å². The molecule has 0 radical (unpaired) electrons. The Kier molecular flexibility index (Phi) is 5.86. The number of carbonyl (C=O) groups excluding carboxylic acids is 2. The molecule has 0 spiro atoms. The first-order valence-corrected chi connectivity index (χ1v) is 9.48. The van der Waals surface area contributed by atoms with Crippen molar-refractivity contribution < 1.29 is 14.3 Å². The van der Waals surface area contributed by atoms with E-state index in [1.165, 1.54) is 6.08 Å². The Morgan fingerprint density at radius 1 is 1.22 bits per heavy atom. The number of halogens is 3. The van der Waals surface area contributed by atoms with Gasteiger partial charge < -0.3 is 4.74 Å². The van der Waals surface area contributed by atoms with Crippen LogP contribution < -0.4 is 15.0 Å². The molecule has 0 unspecified atom stereocenters. The Labute approximate surface area is 179 Å². The van der Waals surface area contributed by atoms with Gasteiger partial charge in [-0.1, -0.05) is 35.3 Å². The zero-order valence-corrected chi connectivity index (χ0v) is 17.7. The zero-order valence-electron chi connectivity index (χ0n) is 13.8. The number of methoxy groups -OCH3 is 1. The molecular formula is C18H11BrCl2N2O3S. The van der Waals surface area contributed by atoms with Gasteiger partial charge in [0.05, 0.1) is 27.3 Å². The standard InChI is InChI=1S/C18H11BrCl2N2O3S/c1-26-14-6-5-9(8-11(14)19)7-10-16(24)22-18(27)23(17(10)25)13-4-2-3-12(20)15(13)21/h2-8H,1H3,(H,22,24,27). The topological polar surface area (TPSA) is 58.6 Å². The molecule has 0 saturated carbocycles. The van der Waals surface area contributed by atoms with Gasteiger partial charge in [0, 0.05) is 0 Å². The highest BCUT2D eigenvalue weighted by Gasteiger charge is 2.35. The van der Waals surface area contributed by atoms with Crippen LogP contribution in [0.3, 0.4) is 0 Å². The molecule has 1 fully saturated rings. The van der Waals surface area contributed by atoms with E-state index in [4.69, 9.17) is 40.2 Å². The van der Waals surface area contributed by atoms with Gasteiger partial charge in [0.15, 0.2) is 5.11 Å². The van der Waals surface area contributed by atoms with Gasteiger partial charge in [0.25, 0.3) is 11.8 Å². The first-order valence-electron chi connectivity index (χ1n) is 7.52. The summed E-state index contributed by atoms with van der Waals surface area (Å²) in [6.07, 6.45) is 1.47. The van der Waals surface area contributed by atoms with Crippen LogP contribution in [0.15, 0.2) is 46.4 Å². The normalized spacial score (nSPS) is 15.9. The summed E-state index contributed by atoms with van der Waals surface area (Å²) in [7, 11) is 1.55. The van der Waals surface area contributed by atoms with Crippen LogP contribution in [0.1, 0.15) is 5.56 Å². The molecule has 2 aromatic rings. The third kappa shape index (κ3) is 3.87. The molecule has 0 atom stereocenters. The van der Waals surface area contributed by atoms with E-state index in [2.05, 4.69) is 21.2 Å². The van der Waals surface area contributed by atoms with Crippen molar-refractivity contribution in [1.29, 1.82) is 0 Å². The predicted molar refractivity (Wildman–Crippen MR) is 113 cm³/mol. The molecule has 2 amide bonds. The molecule has 1 saturated heterocycles. The Hall–Kier alpha value is -1.93. The number of ether oxygens (including phenoxy) is 1. The molecule has 1 aliphatic heterocycles. The van der Waals surface area contributed by atoms with E-state index < -0.39 is 11.8 Å². The third-order valence-corrected chi connectivity index (χ3v) is 5.47. The highest BCUT2D eigenvalue weighted by molar-refractivity contribution is 9.10. The molecule has 0 aliphatic carbocycles. The van der Waals surface area contributed by atoms with Crippen molar-refractivity contribution in [1.82, 2.24) is 5.32 Å². The zero-order chi connectivity index (χ0) is 19.7. The summed E-state index contributed by atoms with van der Waals surface area (Å²) in [6.45, 7) is 0. The van der Waals surface area contributed by atoms with Crippen LogP contribution in [0.5, 0.6) is 5.75 Å². The van der Waals surface area contributed by atoms with Crippen molar-refractivity contribution in [2.24, 2.45) is 0 Å². The summed E-state index contributed by atoms with van der Waals surface area (Å²) in [6, 6.07) is 10.0. The number of nitrogens with zero attached hydrogens (tertiary/aromatic N) is 1. The fourth-order valence-corrected chi connectivity index (χ4v) is 3.69. The Balaban J connectivity index is 2.05. The van der Waals surface area contributed by atoms with Crippen LogP contribution in [0.2, 0.25) is 10.0 Å². The number of hydrogen-bond donors (Lipinski definition) is 1. The SMILES string of the molecule is COc1ccc(C=C2C(=O)NC(=S)N(c3cccc(Cl)c3Cl)C2=O)cc1Br. The van der Waals surface area contributed by atoms with Crippen LogP contribution in [-0.4, -0.2) is 24.0 Å². The minimum absolute atomic E-state index is 0.0674. The van der Waals surface area contributed by atoms with Crippen LogP contribution in [0.25, 0.3) is 6.08 Å². The molecule has 0 bridgehead atoms. The van der Waals surface area contributed by atoms with Crippen molar-refractivity contribution in [3.8, 4) is 5.75 Å². The van der Waals surface area contributed by atoms with Gasteiger partial charge in [0.1, 0.15) is 11.3 Å². The summed E-state index contributed by atoms with van der Waals surface area (Å²) >= 11 is 20.8. The molecular weight excluding hydrogens is 475 g/mol. The second-order valence-electron chi connectivity index (χ2n) is 5.42. The van der Waals surface area contributed by atoms with Crippen molar-refractivity contribution in [3.63, 3.8) is 0 Å². The number of benzene rings is 2. The number of nitrogens with one attached hydrogen (secondary N) is 1. The summed E-state index contributed by atoms with van der Waals surface area (Å²) in [5.74, 6) is -0.559. The van der Waals surface area contributed by atoms with Gasteiger partial charge in [-0.05, 0) is 64.1 Å². The van der Waals surface area contributed by atoms with Crippen molar-refractivity contribution in [2.75, 3.05) is 12.0 Å². The first-order chi connectivity index (χ1) is 12.8. The van der Waals surface area contributed by atoms with Gasteiger partial charge >= 0.3 is 0 Å². The van der Waals surface area contributed by atoms with E-state index in [0.29, 0.717) is 21.5 Å². The van der Waals surface area contributed by atoms with Gasteiger partial charge in [0.2, 0.25) is 0 Å². The fraction of sp³-hybridized carbons (Fsp3) is 0.0556. The average Bonchev–Trinajstić information content (AvgIpc) is 2.62. The minimum Gasteiger partial charge on any atom is -0.496 e. The second kappa shape index (κ2) is 7.98. The number of rotatable bonds is 3. The lowest BCUT2D eigenvalue weighted by atomic mass is 10.1. The van der Waals surface area contributed by atoms with E-state index in [-0.39, 0.29) is 20.7 Å². The number of carbonyl (C=O) groups is 2. The quantitative estimate of drug-likeness (QED) is 0.392. The lowest BCUT2D eigenvalue weighted by Gasteiger charge is -2.29. The molecule has 1 heterocycles. The summed E-state index contributed by atoms with van der Waals surface area (Å²) < 4.78 is 5.87. The second-order valence-corrected chi connectivity index (χ2v) is 7.45. The number of hydrogen-bond acceptors (Lipinski definition) is 4. The third-order valence-electron chi connectivity index (χ3n) is 3.76. The molecule has 0 aromatic heterocycles. The van der Waals surface area contributed by atoms with Crippen LogP contribution in [0, 0.1) is 0 Å². The Morgan fingerprint density at radius 2 is 1.96 bits per heavy atom. The largest absolute Gasteiger partial charge is 0.496 e. The Morgan fingerprint density at radius 3 is 2.63 bits per heavy atom. The molecule has 27 heavy (non-hydrogen) atoms. The maximum atomic E-state index is 13.0. The van der Waals surface area contributed by atoms with Gasteiger partial charge in [-0.15, -0.1) is 0 Å². The van der Waals surface area contributed by atoms with Crippen molar-refractivity contribution in [3.05, 3.63) is 62.1 Å². The van der Waals surface area contributed by atoms with E-state index in [1.807, 2.05) is 0 Å². The van der Waals surface area contributed by atoms with Gasteiger partial charge in [-0.2, -0.15) is 0 Å².